The number of sulfonamides is 1. The molecule has 2 aromatic rings. The Kier molecular flexibility index (Phi) is 5.45. The fraction of sp³-hybridized carbons (Fsp3) is 0.500. The van der Waals surface area contributed by atoms with E-state index in [1.165, 1.54) is 17.5 Å². The van der Waals surface area contributed by atoms with Crippen LogP contribution in [0.15, 0.2) is 40.6 Å². The zero-order valence-electron chi connectivity index (χ0n) is 14.9. The van der Waals surface area contributed by atoms with Gasteiger partial charge in [0, 0.05) is 24.6 Å². The van der Waals surface area contributed by atoms with E-state index in [-0.39, 0.29) is 6.10 Å². The topological polar surface area (TPSA) is 46.6 Å². The summed E-state index contributed by atoms with van der Waals surface area (Å²) >= 11 is 1.60. The molecule has 4 rings (SSSR count). The summed E-state index contributed by atoms with van der Waals surface area (Å²) in [4.78, 5) is 1.48. The van der Waals surface area contributed by atoms with Gasteiger partial charge in [-0.2, -0.15) is 4.31 Å². The molecule has 0 radical (unpaired) electrons. The quantitative estimate of drug-likeness (QED) is 0.748. The minimum atomic E-state index is -3.54. The Labute approximate surface area is 159 Å². The van der Waals surface area contributed by atoms with Crippen LogP contribution in [0.5, 0.6) is 0 Å². The third kappa shape index (κ3) is 3.88. The molecule has 1 saturated heterocycles. The number of aryl methyl sites for hydroxylation is 2. The molecule has 0 spiro atoms. The molecule has 0 saturated carbocycles. The molecule has 0 amide bonds. The van der Waals surface area contributed by atoms with E-state index in [2.05, 4.69) is 0 Å². The SMILES string of the molecule is O=S(=O)(c1ccc2c(c1)CCCC2)N(Cc1cccs1)C[C@@H]1CCCO1. The predicted octanol–water partition coefficient (Wildman–Crippen LogP) is 4.00. The largest absolute Gasteiger partial charge is 0.377 e. The van der Waals surface area contributed by atoms with Crippen LogP contribution < -0.4 is 0 Å². The van der Waals surface area contributed by atoms with E-state index in [1.54, 1.807) is 21.7 Å². The van der Waals surface area contributed by atoms with Crippen LogP contribution in [0.25, 0.3) is 0 Å². The molecule has 2 heterocycles. The lowest BCUT2D eigenvalue weighted by Crippen LogP contribution is -2.36. The molecule has 1 aliphatic heterocycles. The molecule has 1 atom stereocenters. The molecule has 0 N–H and O–H groups in total. The van der Waals surface area contributed by atoms with E-state index in [9.17, 15) is 8.42 Å². The van der Waals surface area contributed by atoms with Gasteiger partial charge < -0.3 is 4.74 Å². The Morgan fingerprint density at radius 1 is 1.12 bits per heavy atom. The molecular formula is C20H25NO3S2. The van der Waals surface area contributed by atoms with Crippen LogP contribution in [0, 0.1) is 0 Å². The second kappa shape index (κ2) is 7.80. The van der Waals surface area contributed by atoms with Gasteiger partial charge in [-0.3, -0.25) is 0 Å². The molecule has 1 aromatic carbocycles. The van der Waals surface area contributed by atoms with Crippen molar-refractivity contribution in [3.8, 4) is 0 Å². The standard InChI is InChI=1S/C20H25NO3S2/c22-26(23,20-10-9-16-5-1-2-6-17(16)13-20)21(14-18-7-3-11-24-18)15-19-8-4-12-25-19/h4,8-10,12-13,18H,1-3,5-7,11,14-15H2/t18-/m0/s1. The predicted molar refractivity (Wildman–Crippen MR) is 104 cm³/mol. The molecular weight excluding hydrogens is 366 g/mol. The molecule has 4 nitrogen and oxygen atoms in total. The number of benzene rings is 1. The van der Waals surface area contributed by atoms with Crippen molar-refractivity contribution in [2.24, 2.45) is 0 Å². The van der Waals surface area contributed by atoms with Gasteiger partial charge in [0.1, 0.15) is 0 Å². The lowest BCUT2D eigenvalue weighted by molar-refractivity contribution is 0.0927. The number of hydrogen-bond donors (Lipinski definition) is 0. The molecule has 140 valence electrons. The molecule has 1 aliphatic carbocycles. The molecule has 6 heteroatoms. The van der Waals surface area contributed by atoms with Gasteiger partial charge in [-0.15, -0.1) is 11.3 Å². The highest BCUT2D eigenvalue weighted by Gasteiger charge is 2.30. The van der Waals surface area contributed by atoms with Gasteiger partial charge in [0.15, 0.2) is 0 Å². The van der Waals surface area contributed by atoms with E-state index < -0.39 is 10.0 Å². The Bertz CT molecular complexity index is 840. The fourth-order valence-corrected chi connectivity index (χ4v) is 6.16. The molecule has 0 bridgehead atoms. The summed E-state index contributed by atoms with van der Waals surface area (Å²) < 4.78 is 34.1. The first-order valence-electron chi connectivity index (χ1n) is 9.39. The number of nitrogens with zero attached hydrogens (tertiary/aromatic N) is 1. The van der Waals surface area contributed by atoms with Crippen molar-refractivity contribution in [2.75, 3.05) is 13.2 Å². The summed E-state index contributed by atoms with van der Waals surface area (Å²) in [5.74, 6) is 0. The van der Waals surface area contributed by atoms with Crippen LogP contribution in [-0.4, -0.2) is 32.0 Å². The average molecular weight is 392 g/mol. The average Bonchev–Trinajstić information content (AvgIpc) is 3.35. The van der Waals surface area contributed by atoms with Gasteiger partial charge in [-0.25, -0.2) is 8.42 Å². The summed E-state index contributed by atoms with van der Waals surface area (Å²) in [7, 11) is -3.54. The number of thiophene rings is 1. The third-order valence-corrected chi connectivity index (χ3v) is 7.97. The zero-order valence-corrected chi connectivity index (χ0v) is 16.5. The van der Waals surface area contributed by atoms with Crippen molar-refractivity contribution in [2.45, 2.75) is 56.1 Å². The van der Waals surface area contributed by atoms with Crippen LogP contribution in [0.2, 0.25) is 0 Å². The number of rotatable bonds is 6. The molecule has 1 fully saturated rings. The monoisotopic (exact) mass is 391 g/mol. The molecule has 2 aliphatic rings. The van der Waals surface area contributed by atoms with Crippen molar-refractivity contribution in [1.82, 2.24) is 4.31 Å². The van der Waals surface area contributed by atoms with E-state index in [1.807, 2.05) is 29.6 Å². The van der Waals surface area contributed by atoms with E-state index in [0.29, 0.717) is 18.0 Å². The maximum atomic E-state index is 13.4. The lowest BCUT2D eigenvalue weighted by Gasteiger charge is -2.25. The smallest absolute Gasteiger partial charge is 0.243 e. The van der Waals surface area contributed by atoms with Crippen LogP contribution >= 0.6 is 11.3 Å². The van der Waals surface area contributed by atoms with Gasteiger partial charge in [0.2, 0.25) is 10.0 Å². The first-order chi connectivity index (χ1) is 12.6. The van der Waals surface area contributed by atoms with Crippen molar-refractivity contribution in [3.63, 3.8) is 0 Å². The zero-order chi connectivity index (χ0) is 18.0. The highest BCUT2D eigenvalue weighted by atomic mass is 32.2. The minimum absolute atomic E-state index is 0.00219. The second-order valence-electron chi connectivity index (χ2n) is 7.15. The third-order valence-electron chi connectivity index (χ3n) is 5.30. The first-order valence-corrected chi connectivity index (χ1v) is 11.7. The second-order valence-corrected chi connectivity index (χ2v) is 10.1. The van der Waals surface area contributed by atoms with Gasteiger partial charge >= 0.3 is 0 Å². The maximum absolute atomic E-state index is 13.4. The van der Waals surface area contributed by atoms with E-state index in [0.717, 1.165) is 43.6 Å². The Morgan fingerprint density at radius 2 is 1.96 bits per heavy atom. The number of hydrogen-bond acceptors (Lipinski definition) is 4. The normalized spacial score (nSPS) is 20.4. The number of fused-ring (bicyclic) bond motifs is 1. The first kappa shape index (κ1) is 18.2. The van der Waals surface area contributed by atoms with Gasteiger partial charge in [-0.1, -0.05) is 12.1 Å². The minimum Gasteiger partial charge on any atom is -0.377 e. The lowest BCUT2D eigenvalue weighted by atomic mass is 9.92. The van der Waals surface area contributed by atoms with E-state index in [4.69, 9.17) is 4.74 Å². The van der Waals surface area contributed by atoms with Gasteiger partial charge in [0.25, 0.3) is 0 Å². The van der Waals surface area contributed by atoms with Crippen molar-refractivity contribution in [1.29, 1.82) is 0 Å². The Balaban J connectivity index is 1.63. The van der Waals surface area contributed by atoms with Gasteiger partial charge in [-0.05, 0) is 73.2 Å². The summed E-state index contributed by atoms with van der Waals surface area (Å²) in [5.41, 5.74) is 2.50. The summed E-state index contributed by atoms with van der Waals surface area (Å²) in [6.07, 6.45) is 6.33. The molecule has 1 aromatic heterocycles. The molecule has 26 heavy (non-hydrogen) atoms. The van der Waals surface area contributed by atoms with E-state index >= 15 is 0 Å². The van der Waals surface area contributed by atoms with Crippen LogP contribution in [0.1, 0.15) is 41.7 Å². The van der Waals surface area contributed by atoms with Crippen LogP contribution in [0.4, 0.5) is 0 Å². The van der Waals surface area contributed by atoms with Crippen molar-refractivity contribution < 1.29 is 13.2 Å². The summed E-state index contributed by atoms with van der Waals surface area (Å²) in [6.45, 7) is 1.57. The highest BCUT2D eigenvalue weighted by molar-refractivity contribution is 7.89. The summed E-state index contributed by atoms with van der Waals surface area (Å²) in [5, 5.41) is 1.99. The fourth-order valence-electron chi connectivity index (χ4n) is 3.86. The highest BCUT2D eigenvalue weighted by Crippen LogP contribution is 2.28. The Hall–Kier alpha value is -1.21. The Morgan fingerprint density at radius 3 is 2.69 bits per heavy atom. The van der Waals surface area contributed by atoms with Crippen LogP contribution in [0.3, 0.4) is 0 Å². The van der Waals surface area contributed by atoms with Gasteiger partial charge in [0.05, 0.1) is 11.0 Å². The van der Waals surface area contributed by atoms with Crippen LogP contribution in [-0.2, 0) is 34.1 Å². The van der Waals surface area contributed by atoms with Crippen molar-refractivity contribution in [3.05, 3.63) is 51.7 Å². The van der Waals surface area contributed by atoms with Crippen molar-refractivity contribution >= 4 is 21.4 Å². The molecule has 0 unspecified atom stereocenters. The maximum Gasteiger partial charge on any atom is 0.243 e. The number of ether oxygens (including phenoxy) is 1. The summed E-state index contributed by atoms with van der Waals surface area (Å²) in [6, 6.07) is 9.67.